The van der Waals surface area contributed by atoms with Crippen LogP contribution < -0.4 is 0 Å². The largest absolute Gasteiger partial charge is 0.336 e. The number of nitro benzene ring substituents is 1. The summed E-state index contributed by atoms with van der Waals surface area (Å²) in [6.07, 6.45) is 0. The van der Waals surface area contributed by atoms with Crippen LogP contribution in [0.15, 0.2) is 23.1 Å². The summed E-state index contributed by atoms with van der Waals surface area (Å²) >= 11 is 0.364. The summed E-state index contributed by atoms with van der Waals surface area (Å²) in [5, 5.41) is 10.3. The predicted molar refractivity (Wildman–Crippen MR) is 55.7 cm³/mol. The van der Waals surface area contributed by atoms with Crippen LogP contribution >= 0.6 is 19.6 Å². The Morgan fingerprint density at radius 3 is 2.69 bits per heavy atom. The Morgan fingerprint density at radius 1 is 1.62 bits per heavy atom. The normalized spacial score (nSPS) is 14.4. The van der Waals surface area contributed by atoms with Gasteiger partial charge in [0.05, 0.1) is 15.9 Å². The monoisotopic (exact) mass is 267 g/mol. The van der Waals surface area contributed by atoms with E-state index in [1.807, 2.05) is 0 Å². The highest BCUT2D eigenvalue weighted by Crippen LogP contribution is 2.44. The molecule has 0 heterocycles. The van der Waals surface area contributed by atoms with Gasteiger partial charge in [-0.1, -0.05) is 0 Å². The van der Waals surface area contributed by atoms with Crippen molar-refractivity contribution < 1.29 is 22.7 Å². The van der Waals surface area contributed by atoms with E-state index >= 15 is 0 Å². The summed E-state index contributed by atoms with van der Waals surface area (Å²) in [6, 6.07) is 2.89. The van der Waals surface area contributed by atoms with Gasteiger partial charge >= 0.3 is 7.60 Å². The smallest absolute Gasteiger partial charge is 0.324 e. The Hall–Kier alpha value is -0.950. The molecule has 0 radical (unpaired) electrons. The molecule has 0 bridgehead atoms. The summed E-state index contributed by atoms with van der Waals surface area (Å²) in [5.74, 6) is -0.882. The van der Waals surface area contributed by atoms with E-state index in [-0.39, 0.29) is 4.90 Å². The highest BCUT2D eigenvalue weighted by atomic mass is 32.2. The summed E-state index contributed by atoms with van der Waals surface area (Å²) in [7, 11) is -3.72. The fourth-order valence-corrected chi connectivity index (χ4v) is 1.92. The van der Waals surface area contributed by atoms with Crippen molar-refractivity contribution in [1.29, 1.82) is 0 Å². The summed E-state index contributed by atoms with van der Waals surface area (Å²) in [6.45, 7) is 0.948. The molecule has 0 aliphatic rings. The molecule has 0 aliphatic carbocycles. The zero-order chi connectivity index (χ0) is 12.3. The van der Waals surface area contributed by atoms with Crippen LogP contribution in [0.3, 0.4) is 0 Å². The Bertz CT molecular complexity index is 462. The molecule has 16 heavy (non-hydrogen) atoms. The predicted octanol–water partition coefficient (Wildman–Crippen LogP) is 2.57. The molecule has 1 aromatic rings. The van der Waals surface area contributed by atoms with Crippen LogP contribution in [0.25, 0.3) is 0 Å². The van der Waals surface area contributed by atoms with Crippen LogP contribution in [0.5, 0.6) is 0 Å². The molecule has 0 spiro atoms. The molecule has 0 saturated carbocycles. The average Bonchev–Trinajstić information content (AvgIpc) is 2.14. The van der Waals surface area contributed by atoms with Crippen molar-refractivity contribution in [3.63, 3.8) is 0 Å². The van der Waals surface area contributed by atoms with E-state index in [1.165, 1.54) is 0 Å². The topological polar surface area (TPSA) is 89.7 Å². The third-order valence-electron chi connectivity index (χ3n) is 1.39. The van der Waals surface area contributed by atoms with Crippen LogP contribution in [-0.2, 0) is 8.54 Å². The van der Waals surface area contributed by atoms with Crippen molar-refractivity contribution in [1.82, 2.24) is 0 Å². The van der Waals surface area contributed by atoms with E-state index in [4.69, 9.17) is 4.89 Å². The number of halogens is 1. The SMILES string of the molecule is CP(=O)(O)OSc1ccc([N+](=O)[O-])cc1F. The van der Waals surface area contributed by atoms with Crippen molar-refractivity contribution in [3.8, 4) is 0 Å². The first kappa shape index (κ1) is 13.1. The Kier molecular flexibility index (Phi) is 4.03. The Labute approximate surface area is 94.3 Å². The number of benzene rings is 1. The number of rotatable bonds is 4. The summed E-state index contributed by atoms with van der Waals surface area (Å²) < 4.78 is 28.4. The molecule has 1 unspecified atom stereocenters. The maximum Gasteiger partial charge on any atom is 0.336 e. The quantitative estimate of drug-likeness (QED) is 0.390. The van der Waals surface area contributed by atoms with E-state index in [0.29, 0.717) is 18.1 Å². The molecule has 0 saturated heterocycles. The van der Waals surface area contributed by atoms with E-state index in [2.05, 4.69) is 3.97 Å². The lowest BCUT2D eigenvalue weighted by molar-refractivity contribution is -0.385. The van der Waals surface area contributed by atoms with Crippen LogP contribution in [0.1, 0.15) is 0 Å². The molecule has 1 atom stereocenters. The molecule has 88 valence electrons. The molecule has 9 heteroatoms. The third kappa shape index (κ3) is 3.90. The first-order valence-electron chi connectivity index (χ1n) is 3.90. The van der Waals surface area contributed by atoms with E-state index in [0.717, 1.165) is 18.8 Å². The molecular formula is C7H7FNO5PS. The lowest BCUT2D eigenvalue weighted by Gasteiger charge is -2.05. The first-order valence-corrected chi connectivity index (χ1v) is 6.67. The lowest BCUT2D eigenvalue weighted by Crippen LogP contribution is -1.90. The number of non-ortho nitro benzene ring substituents is 1. The van der Waals surface area contributed by atoms with Gasteiger partial charge in [-0.3, -0.25) is 14.7 Å². The van der Waals surface area contributed by atoms with Gasteiger partial charge < -0.3 is 4.89 Å². The Balaban J connectivity index is 2.84. The van der Waals surface area contributed by atoms with Crippen LogP contribution in [0, 0.1) is 15.9 Å². The second kappa shape index (κ2) is 4.92. The molecule has 1 aromatic carbocycles. The van der Waals surface area contributed by atoms with Gasteiger partial charge in [-0.25, -0.2) is 8.36 Å². The van der Waals surface area contributed by atoms with Crippen molar-refractivity contribution in [2.45, 2.75) is 4.90 Å². The van der Waals surface area contributed by atoms with Gasteiger partial charge in [-0.15, -0.1) is 0 Å². The van der Waals surface area contributed by atoms with E-state index < -0.39 is 24.0 Å². The Morgan fingerprint density at radius 2 is 2.25 bits per heavy atom. The van der Waals surface area contributed by atoms with E-state index in [9.17, 15) is 19.1 Å². The summed E-state index contributed by atoms with van der Waals surface area (Å²) in [5.41, 5.74) is -0.398. The van der Waals surface area contributed by atoms with Crippen molar-refractivity contribution in [2.75, 3.05) is 6.66 Å². The number of nitro groups is 1. The molecular weight excluding hydrogens is 260 g/mol. The minimum Gasteiger partial charge on any atom is -0.324 e. The molecule has 6 nitrogen and oxygen atoms in total. The first-order chi connectivity index (χ1) is 7.29. The fraction of sp³-hybridized carbons (Fsp3) is 0.143. The highest BCUT2D eigenvalue weighted by molar-refractivity contribution is 7.98. The lowest BCUT2D eigenvalue weighted by atomic mass is 10.3. The molecule has 1 N–H and O–H groups in total. The zero-order valence-electron chi connectivity index (χ0n) is 7.99. The standard InChI is InChI=1S/C7H7FNO5PS/c1-15(12,13)14-16-7-3-2-5(9(10)11)4-6(7)8/h2-4H,1H3,(H,12,13). The van der Waals surface area contributed by atoms with Gasteiger partial charge in [0.2, 0.25) is 0 Å². The van der Waals surface area contributed by atoms with E-state index in [1.54, 1.807) is 0 Å². The van der Waals surface area contributed by atoms with Gasteiger partial charge in [0.15, 0.2) is 0 Å². The number of hydrogen-bond acceptors (Lipinski definition) is 5. The maximum absolute atomic E-state index is 13.2. The van der Waals surface area contributed by atoms with Crippen molar-refractivity contribution in [3.05, 3.63) is 34.1 Å². The fourth-order valence-electron chi connectivity index (χ4n) is 0.780. The minimum absolute atomic E-state index is 0.0956. The van der Waals surface area contributed by atoms with Crippen molar-refractivity contribution >= 4 is 25.3 Å². The third-order valence-corrected chi connectivity index (χ3v) is 3.31. The second-order valence-electron chi connectivity index (χ2n) is 2.83. The molecule has 1 rings (SSSR count). The van der Waals surface area contributed by atoms with Gasteiger partial charge in [-0.05, 0) is 6.07 Å². The van der Waals surface area contributed by atoms with Crippen LogP contribution in [-0.4, -0.2) is 16.5 Å². The molecule has 0 amide bonds. The van der Waals surface area contributed by atoms with Crippen LogP contribution in [0.2, 0.25) is 0 Å². The maximum atomic E-state index is 13.2. The van der Waals surface area contributed by atoms with Gasteiger partial charge in [-0.2, -0.15) is 0 Å². The van der Waals surface area contributed by atoms with Gasteiger partial charge in [0.25, 0.3) is 5.69 Å². The molecule has 0 fully saturated rings. The summed E-state index contributed by atoms with van der Waals surface area (Å²) in [4.78, 5) is 18.3. The molecule has 0 aliphatic heterocycles. The highest BCUT2D eigenvalue weighted by Gasteiger charge is 2.16. The number of nitrogens with zero attached hydrogens (tertiary/aromatic N) is 1. The second-order valence-corrected chi connectivity index (χ2v) is 5.64. The minimum atomic E-state index is -3.72. The number of hydrogen-bond donors (Lipinski definition) is 1. The van der Waals surface area contributed by atoms with Gasteiger partial charge in [0, 0.05) is 24.8 Å². The zero-order valence-corrected chi connectivity index (χ0v) is 9.70. The van der Waals surface area contributed by atoms with Crippen LogP contribution in [0.4, 0.5) is 10.1 Å². The van der Waals surface area contributed by atoms with Crippen molar-refractivity contribution in [2.24, 2.45) is 0 Å². The molecule has 0 aromatic heterocycles. The average molecular weight is 267 g/mol. The van der Waals surface area contributed by atoms with Gasteiger partial charge in [0.1, 0.15) is 5.82 Å².